The highest BCUT2D eigenvalue weighted by Gasteiger charge is 2.39. The number of aromatic nitrogens is 1. The number of fused-ring (bicyclic) bond motifs is 1. The first kappa shape index (κ1) is 40.6. The molecule has 0 spiro atoms. The largest absolute Gasteiger partial charge is 0.490 e. The Morgan fingerprint density at radius 2 is 1.25 bits per heavy atom. The summed E-state index contributed by atoms with van der Waals surface area (Å²) < 4.78 is 76.8. The van der Waals surface area contributed by atoms with E-state index in [4.69, 9.17) is 19.8 Å². The summed E-state index contributed by atoms with van der Waals surface area (Å²) in [5.74, 6) is -5.07. The summed E-state index contributed by atoms with van der Waals surface area (Å²) >= 11 is 0. The average molecular weight is 753 g/mol. The zero-order valence-corrected chi connectivity index (χ0v) is 28.9. The van der Waals surface area contributed by atoms with Crippen molar-refractivity contribution in [2.45, 2.75) is 51.5 Å². The number of benzene rings is 3. The van der Waals surface area contributed by atoms with Crippen molar-refractivity contribution in [1.29, 1.82) is 0 Å². The number of H-pyrrole nitrogens is 1. The van der Waals surface area contributed by atoms with Crippen LogP contribution < -0.4 is 4.90 Å². The van der Waals surface area contributed by atoms with Gasteiger partial charge in [-0.3, -0.25) is 9.69 Å². The van der Waals surface area contributed by atoms with E-state index in [2.05, 4.69) is 65.0 Å². The van der Waals surface area contributed by atoms with E-state index in [0.717, 1.165) is 73.4 Å². The van der Waals surface area contributed by atoms with Gasteiger partial charge in [0.2, 0.25) is 0 Å². The number of alkyl halides is 6. The van der Waals surface area contributed by atoms with E-state index in [-0.39, 0.29) is 11.7 Å². The molecule has 16 heteroatoms. The number of anilines is 1. The third-order valence-corrected chi connectivity index (χ3v) is 9.19. The van der Waals surface area contributed by atoms with Gasteiger partial charge in [0.1, 0.15) is 11.5 Å². The summed E-state index contributed by atoms with van der Waals surface area (Å²) in [4.78, 5) is 41.8. The van der Waals surface area contributed by atoms with E-state index < -0.39 is 24.3 Å². The second kappa shape index (κ2) is 17.1. The van der Waals surface area contributed by atoms with Crippen molar-refractivity contribution in [3.05, 3.63) is 100 Å². The normalized spacial score (nSPS) is 15.6. The fourth-order valence-corrected chi connectivity index (χ4v) is 6.60. The highest BCUT2D eigenvalue weighted by atomic mass is 19.4. The number of carbonyl (C=O) groups excluding carboxylic acids is 1. The van der Waals surface area contributed by atoms with Gasteiger partial charge in [0.25, 0.3) is 5.91 Å². The molecule has 3 heterocycles. The van der Waals surface area contributed by atoms with E-state index in [1.54, 1.807) is 0 Å². The van der Waals surface area contributed by atoms with Crippen molar-refractivity contribution in [2.75, 3.05) is 44.2 Å². The number of piperidine rings is 1. The Balaban J connectivity index is 0.000000381. The Labute approximate surface area is 300 Å². The quantitative estimate of drug-likeness (QED) is 0.181. The molecule has 0 radical (unpaired) electrons. The van der Waals surface area contributed by atoms with Crippen LogP contribution in [0.15, 0.2) is 66.7 Å². The molecular formula is C37H39F7N4O5. The Morgan fingerprint density at radius 1 is 0.736 bits per heavy atom. The number of amides is 1. The molecule has 6 rings (SSSR count). The van der Waals surface area contributed by atoms with Gasteiger partial charge in [-0.2, -0.15) is 26.3 Å². The number of aliphatic carboxylic acids is 2. The number of para-hydroxylation sites is 1. The molecule has 53 heavy (non-hydrogen) atoms. The summed E-state index contributed by atoms with van der Waals surface area (Å²) in [5, 5.41) is 15.4. The second-order valence-electron chi connectivity index (χ2n) is 12.7. The number of halogens is 7. The third kappa shape index (κ3) is 10.7. The zero-order valence-electron chi connectivity index (χ0n) is 28.9. The lowest BCUT2D eigenvalue weighted by Gasteiger charge is -2.36. The number of aryl methyl sites for hydroxylation is 2. The first-order chi connectivity index (χ1) is 24.9. The van der Waals surface area contributed by atoms with Gasteiger partial charge in [-0.25, -0.2) is 14.0 Å². The van der Waals surface area contributed by atoms with Gasteiger partial charge in [0.05, 0.1) is 0 Å². The van der Waals surface area contributed by atoms with Crippen molar-refractivity contribution >= 4 is 34.4 Å². The van der Waals surface area contributed by atoms with Crippen LogP contribution in [-0.2, 0) is 16.1 Å². The van der Waals surface area contributed by atoms with Gasteiger partial charge in [0.15, 0.2) is 0 Å². The van der Waals surface area contributed by atoms with Crippen LogP contribution in [0.4, 0.5) is 36.4 Å². The second-order valence-corrected chi connectivity index (χ2v) is 12.7. The number of carboxylic acids is 2. The molecule has 4 aromatic rings. The molecule has 2 aliphatic rings. The van der Waals surface area contributed by atoms with Crippen molar-refractivity contribution in [3.63, 3.8) is 0 Å². The Hall–Kier alpha value is -5.12. The van der Waals surface area contributed by atoms with E-state index in [9.17, 15) is 35.5 Å². The molecule has 3 aromatic carbocycles. The number of aromatic amines is 1. The van der Waals surface area contributed by atoms with Crippen LogP contribution in [0.2, 0.25) is 0 Å². The number of rotatable bonds is 5. The minimum absolute atomic E-state index is 0.0744. The van der Waals surface area contributed by atoms with E-state index in [0.29, 0.717) is 19.0 Å². The van der Waals surface area contributed by atoms with Gasteiger partial charge < -0.3 is 25.0 Å². The first-order valence-corrected chi connectivity index (χ1v) is 16.6. The van der Waals surface area contributed by atoms with Crippen molar-refractivity contribution in [2.24, 2.45) is 0 Å². The molecular weight excluding hydrogens is 713 g/mol. The van der Waals surface area contributed by atoms with Crippen LogP contribution in [0.5, 0.6) is 0 Å². The number of nitrogens with zero attached hydrogens (tertiary/aromatic N) is 3. The average Bonchev–Trinajstić information content (AvgIpc) is 3.47. The minimum atomic E-state index is -5.08. The zero-order chi connectivity index (χ0) is 39.1. The van der Waals surface area contributed by atoms with Crippen LogP contribution in [0.1, 0.15) is 51.5 Å². The molecule has 0 atom stereocenters. The summed E-state index contributed by atoms with van der Waals surface area (Å²) in [6.07, 6.45) is -7.88. The van der Waals surface area contributed by atoms with Crippen LogP contribution in [0.25, 0.3) is 10.9 Å². The minimum Gasteiger partial charge on any atom is -0.475 e. The molecule has 2 aliphatic heterocycles. The number of carbonyl (C=O) groups is 3. The summed E-state index contributed by atoms with van der Waals surface area (Å²) in [7, 11) is 0. The van der Waals surface area contributed by atoms with Gasteiger partial charge in [-0.15, -0.1) is 0 Å². The predicted molar refractivity (Wildman–Crippen MR) is 183 cm³/mol. The van der Waals surface area contributed by atoms with Crippen molar-refractivity contribution in [1.82, 2.24) is 14.8 Å². The summed E-state index contributed by atoms with van der Waals surface area (Å²) in [6.45, 7) is 10.1. The number of piperazine rings is 1. The van der Waals surface area contributed by atoms with Gasteiger partial charge in [-0.05, 0) is 92.7 Å². The van der Waals surface area contributed by atoms with Gasteiger partial charge in [-0.1, -0.05) is 36.4 Å². The summed E-state index contributed by atoms with van der Waals surface area (Å²) in [5.41, 5.74) is 8.19. The number of carboxylic acid groups (broad SMARTS) is 2. The molecule has 286 valence electrons. The summed E-state index contributed by atoms with van der Waals surface area (Å²) in [6, 6.07) is 21.5. The topological polar surface area (TPSA) is 117 Å². The Kier molecular flexibility index (Phi) is 13.1. The molecule has 1 aromatic heterocycles. The van der Waals surface area contributed by atoms with E-state index in [1.807, 2.05) is 23.1 Å². The van der Waals surface area contributed by atoms with E-state index >= 15 is 0 Å². The monoisotopic (exact) mass is 752 g/mol. The van der Waals surface area contributed by atoms with Crippen molar-refractivity contribution in [3.8, 4) is 0 Å². The first-order valence-electron chi connectivity index (χ1n) is 16.6. The number of hydrogen-bond acceptors (Lipinski definition) is 5. The molecule has 3 N–H and O–H groups in total. The number of likely N-dealkylation sites (tertiary alicyclic amines) is 1. The maximum Gasteiger partial charge on any atom is 0.490 e. The fourth-order valence-electron chi connectivity index (χ4n) is 6.60. The number of nitrogens with one attached hydrogen (secondary N) is 1. The third-order valence-electron chi connectivity index (χ3n) is 9.19. The molecule has 9 nitrogen and oxygen atoms in total. The van der Waals surface area contributed by atoms with Crippen molar-refractivity contribution < 1.29 is 55.3 Å². The lowest BCUT2D eigenvalue weighted by atomic mass is 9.84. The van der Waals surface area contributed by atoms with Crippen LogP contribution in [0.3, 0.4) is 0 Å². The van der Waals surface area contributed by atoms with Gasteiger partial charge in [0, 0.05) is 54.9 Å². The molecule has 0 saturated carbocycles. The Bertz CT molecular complexity index is 1830. The molecule has 1 amide bonds. The molecule has 2 saturated heterocycles. The standard InChI is InChI=1S/C33H37FN4O.2C2HF3O2/c1-23-6-5-7-24(2)31(23)25-14-16-36(17-15-25)22-29-28-8-3-4-9-30(28)35-32(29)33(39)38-20-18-37(19-21-38)27-12-10-26(34)11-13-27;2*3-2(4,5)1(6)7/h3-13,25,35H,14-22H2,1-2H3;2*(H,6,7). The smallest absolute Gasteiger partial charge is 0.475 e. The maximum absolute atomic E-state index is 13.8. The lowest BCUT2D eigenvalue weighted by Crippen LogP contribution is -2.49. The van der Waals surface area contributed by atoms with Gasteiger partial charge >= 0.3 is 24.3 Å². The van der Waals surface area contributed by atoms with Crippen LogP contribution >= 0.6 is 0 Å². The van der Waals surface area contributed by atoms with Crippen LogP contribution in [-0.4, -0.2) is 94.5 Å². The van der Waals surface area contributed by atoms with Crippen LogP contribution in [0, 0.1) is 19.7 Å². The molecule has 2 fully saturated rings. The molecule has 0 bridgehead atoms. The highest BCUT2D eigenvalue weighted by Crippen LogP contribution is 2.34. The Morgan fingerprint density at radius 3 is 1.75 bits per heavy atom. The SMILES string of the molecule is Cc1cccc(C)c1C1CCN(Cc2c(C(=O)N3CCN(c4ccc(F)cc4)CC3)[nH]c3ccccc23)CC1.O=C(O)C(F)(F)F.O=C(O)C(F)(F)F. The predicted octanol–water partition coefficient (Wildman–Crippen LogP) is 7.53. The molecule has 0 unspecified atom stereocenters. The lowest BCUT2D eigenvalue weighted by molar-refractivity contribution is -0.193. The highest BCUT2D eigenvalue weighted by molar-refractivity contribution is 6.01. The fraction of sp³-hybridized carbons (Fsp3) is 0.378. The number of hydrogen-bond donors (Lipinski definition) is 3. The molecule has 0 aliphatic carbocycles. The maximum atomic E-state index is 13.8. The van der Waals surface area contributed by atoms with E-state index in [1.165, 1.54) is 28.8 Å².